The van der Waals surface area contributed by atoms with E-state index in [1.54, 1.807) is 12.3 Å². The molecule has 2 aromatic rings. The van der Waals surface area contributed by atoms with Crippen LogP contribution in [0.25, 0.3) is 0 Å². The lowest BCUT2D eigenvalue weighted by Gasteiger charge is -2.39. The third-order valence-electron chi connectivity index (χ3n) is 3.51. The van der Waals surface area contributed by atoms with Crippen molar-refractivity contribution in [2.75, 3.05) is 19.7 Å². The van der Waals surface area contributed by atoms with Crippen molar-refractivity contribution in [1.82, 2.24) is 14.9 Å². The number of hydrogen-bond acceptors (Lipinski definition) is 4. The van der Waals surface area contributed by atoms with Crippen molar-refractivity contribution in [3.05, 3.63) is 51.6 Å². The number of hydrogen-bond donors (Lipinski definition) is 0. The molecular weight excluding hydrogens is 373 g/mol. The first-order chi connectivity index (χ1) is 10.6. The zero-order valence-corrected chi connectivity index (χ0v) is 14.0. The molecule has 116 valence electrons. The lowest BCUT2D eigenvalue weighted by atomic mass is 10.0. The molecule has 1 aromatic heterocycles. The summed E-state index contributed by atoms with van der Waals surface area (Å²) in [6, 6.07) is 5.36. The molecule has 2 heterocycles. The van der Waals surface area contributed by atoms with Gasteiger partial charge in [0.25, 0.3) is 0 Å². The van der Waals surface area contributed by atoms with Crippen LogP contribution in [0.15, 0.2) is 35.1 Å². The quantitative estimate of drug-likeness (QED) is 0.788. The van der Waals surface area contributed by atoms with Crippen molar-refractivity contribution < 1.29 is 9.13 Å². The molecule has 22 heavy (non-hydrogen) atoms. The molecule has 0 spiro atoms. The fraction of sp³-hybridized carbons (Fsp3) is 0.333. The molecule has 0 atom stereocenters. The maximum atomic E-state index is 13.9. The molecule has 0 amide bonds. The van der Waals surface area contributed by atoms with Crippen LogP contribution in [-0.2, 0) is 6.54 Å². The second kappa shape index (κ2) is 6.89. The van der Waals surface area contributed by atoms with E-state index in [2.05, 4.69) is 30.8 Å². The van der Waals surface area contributed by atoms with Crippen molar-refractivity contribution in [1.29, 1.82) is 0 Å². The highest BCUT2D eigenvalue weighted by molar-refractivity contribution is 9.10. The summed E-state index contributed by atoms with van der Waals surface area (Å²) >= 11 is 8.96. The lowest BCUT2D eigenvalue weighted by Crippen LogP contribution is -2.48. The third kappa shape index (κ3) is 3.74. The summed E-state index contributed by atoms with van der Waals surface area (Å²) in [6.07, 6.45) is 3.01. The molecule has 0 unspecified atom stereocenters. The van der Waals surface area contributed by atoms with Gasteiger partial charge in [-0.15, -0.1) is 0 Å². The normalized spacial score (nSPS) is 15.6. The average molecular weight is 387 g/mol. The molecule has 0 saturated carbocycles. The van der Waals surface area contributed by atoms with Crippen molar-refractivity contribution in [3.63, 3.8) is 0 Å². The number of halogens is 3. The highest BCUT2D eigenvalue weighted by Gasteiger charge is 2.28. The maximum absolute atomic E-state index is 13.9. The molecule has 0 N–H and O–H groups in total. The number of nitrogens with zero attached hydrogens (tertiary/aromatic N) is 3. The molecule has 1 saturated heterocycles. The number of aromatic nitrogens is 2. The number of likely N-dealkylation sites (tertiary alicyclic amines) is 1. The van der Waals surface area contributed by atoms with Crippen molar-refractivity contribution in [2.45, 2.75) is 6.54 Å². The van der Waals surface area contributed by atoms with Crippen LogP contribution < -0.4 is 4.74 Å². The standard InChI is InChI=1S/C15H14BrClFN3O/c16-12-3-1-2-11(15(12)18)8-21-6-10(7-21)9-22-14-5-19-4-13(17)20-14/h1-5,10H,6-9H2. The third-order valence-corrected chi connectivity index (χ3v) is 4.30. The molecule has 7 heteroatoms. The van der Waals surface area contributed by atoms with Gasteiger partial charge in [-0.05, 0) is 22.0 Å². The molecule has 1 aliphatic rings. The van der Waals surface area contributed by atoms with Crippen LogP contribution in [0.5, 0.6) is 5.88 Å². The molecular formula is C15H14BrClFN3O. The molecule has 1 aliphatic heterocycles. The van der Waals surface area contributed by atoms with Gasteiger partial charge < -0.3 is 4.74 Å². The van der Waals surface area contributed by atoms with Crippen LogP contribution in [-0.4, -0.2) is 34.6 Å². The van der Waals surface area contributed by atoms with Gasteiger partial charge in [0.15, 0.2) is 5.15 Å². The van der Waals surface area contributed by atoms with E-state index < -0.39 is 0 Å². The maximum Gasteiger partial charge on any atom is 0.233 e. The Morgan fingerprint density at radius 2 is 2.18 bits per heavy atom. The van der Waals surface area contributed by atoms with E-state index in [4.69, 9.17) is 16.3 Å². The van der Waals surface area contributed by atoms with Crippen LogP contribution in [0.4, 0.5) is 4.39 Å². The van der Waals surface area contributed by atoms with Gasteiger partial charge >= 0.3 is 0 Å². The van der Waals surface area contributed by atoms with E-state index in [1.165, 1.54) is 6.20 Å². The van der Waals surface area contributed by atoms with E-state index in [0.29, 0.717) is 40.1 Å². The van der Waals surface area contributed by atoms with E-state index in [9.17, 15) is 4.39 Å². The Hall–Kier alpha value is -1.24. The predicted octanol–water partition coefficient (Wildman–Crippen LogP) is 3.54. The van der Waals surface area contributed by atoms with Gasteiger partial charge in [-0.25, -0.2) is 4.39 Å². The minimum atomic E-state index is -0.184. The number of ether oxygens (including phenoxy) is 1. The largest absolute Gasteiger partial charge is 0.476 e. The average Bonchev–Trinajstić information content (AvgIpc) is 2.45. The van der Waals surface area contributed by atoms with Gasteiger partial charge in [-0.1, -0.05) is 23.7 Å². The van der Waals surface area contributed by atoms with Crippen molar-refractivity contribution in [3.8, 4) is 5.88 Å². The molecule has 0 aliphatic carbocycles. The van der Waals surface area contributed by atoms with Gasteiger partial charge in [0, 0.05) is 31.1 Å². The second-order valence-corrected chi connectivity index (χ2v) is 6.51. The lowest BCUT2D eigenvalue weighted by molar-refractivity contribution is 0.0534. The first-order valence-electron chi connectivity index (χ1n) is 6.87. The first kappa shape index (κ1) is 15.6. The summed E-state index contributed by atoms with van der Waals surface area (Å²) in [5.74, 6) is 0.663. The Morgan fingerprint density at radius 1 is 1.36 bits per heavy atom. The Kier molecular flexibility index (Phi) is 4.90. The summed E-state index contributed by atoms with van der Waals surface area (Å²) < 4.78 is 20.0. The van der Waals surface area contributed by atoms with Crippen LogP contribution in [0.1, 0.15) is 5.56 Å². The first-order valence-corrected chi connectivity index (χ1v) is 8.04. The van der Waals surface area contributed by atoms with E-state index in [0.717, 1.165) is 13.1 Å². The minimum Gasteiger partial charge on any atom is -0.476 e. The second-order valence-electron chi connectivity index (χ2n) is 5.26. The molecule has 0 radical (unpaired) electrons. The fourth-order valence-electron chi connectivity index (χ4n) is 2.42. The molecule has 3 rings (SSSR count). The van der Waals surface area contributed by atoms with Gasteiger partial charge in [-0.2, -0.15) is 4.98 Å². The number of benzene rings is 1. The van der Waals surface area contributed by atoms with Gasteiger partial charge in [0.05, 0.1) is 23.5 Å². The minimum absolute atomic E-state index is 0.184. The summed E-state index contributed by atoms with van der Waals surface area (Å²) in [5.41, 5.74) is 0.703. The van der Waals surface area contributed by atoms with Gasteiger partial charge in [-0.3, -0.25) is 9.88 Å². The summed E-state index contributed by atoms with van der Waals surface area (Å²) in [7, 11) is 0. The Morgan fingerprint density at radius 3 is 2.95 bits per heavy atom. The predicted molar refractivity (Wildman–Crippen MR) is 85.4 cm³/mol. The Labute approximate surface area is 141 Å². The summed E-state index contributed by atoms with van der Waals surface area (Å²) in [4.78, 5) is 10.1. The SMILES string of the molecule is Fc1c(Br)cccc1CN1CC(COc2cncc(Cl)n2)C1. The molecule has 0 bridgehead atoms. The highest BCUT2D eigenvalue weighted by atomic mass is 79.9. The van der Waals surface area contributed by atoms with Crippen molar-refractivity contribution in [2.24, 2.45) is 5.92 Å². The smallest absolute Gasteiger partial charge is 0.233 e. The van der Waals surface area contributed by atoms with Crippen LogP contribution >= 0.6 is 27.5 Å². The van der Waals surface area contributed by atoms with Crippen LogP contribution in [0, 0.1) is 11.7 Å². The molecule has 1 aromatic carbocycles. The van der Waals surface area contributed by atoms with Crippen LogP contribution in [0.2, 0.25) is 5.15 Å². The van der Waals surface area contributed by atoms with E-state index >= 15 is 0 Å². The topological polar surface area (TPSA) is 38.2 Å². The molecule has 1 fully saturated rings. The Balaban J connectivity index is 1.45. The Bertz CT molecular complexity index is 667. The zero-order chi connectivity index (χ0) is 15.5. The van der Waals surface area contributed by atoms with E-state index in [1.807, 2.05) is 12.1 Å². The zero-order valence-electron chi connectivity index (χ0n) is 11.7. The molecule has 4 nitrogen and oxygen atoms in total. The monoisotopic (exact) mass is 385 g/mol. The summed E-state index contributed by atoms with van der Waals surface area (Å²) in [5, 5.41) is 0.317. The van der Waals surface area contributed by atoms with Crippen LogP contribution in [0.3, 0.4) is 0 Å². The van der Waals surface area contributed by atoms with Crippen molar-refractivity contribution >= 4 is 27.5 Å². The fourth-order valence-corrected chi connectivity index (χ4v) is 2.97. The van der Waals surface area contributed by atoms with Gasteiger partial charge in [0.2, 0.25) is 5.88 Å². The number of rotatable bonds is 5. The van der Waals surface area contributed by atoms with Gasteiger partial charge in [0.1, 0.15) is 5.82 Å². The van der Waals surface area contributed by atoms with E-state index in [-0.39, 0.29) is 5.82 Å². The summed E-state index contributed by atoms with van der Waals surface area (Å²) in [6.45, 7) is 2.92. The highest BCUT2D eigenvalue weighted by Crippen LogP contribution is 2.24.